The van der Waals surface area contributed by atoms with Gasteiger partial charge < -0.3 is 9.38 Å². The highest BCUT2D eigenvalue weighted by molar-refractivity contribution is 7.32. The Hall–Kier alpha value is -6.36. The fourth-order valence-electron chi connectivity index (χ4n) is 13.3. The zero-order valence-electron chi connectivity index (χ0n) is 40.2. The van der Waals surface area contributed by atoms with E-state index in [0.717, 1.165) is 0 Å². The van der Waals surface area contributed by atoms with E-state index in [9.17, 15) is 0 Å². The fraction of sp³-hybridized carbons (Fsp3) is 0.238. The largest absolute Gasteiger partial charge is 0.375 e. The normalized spacial score (nSPS) is 16.9. The van der Waals surface area contributed by atoms with Crippen molar-refractivity contribution < 1.29 is 0 Å². The van der Waals surface area contributed by atoms with Gasteiger partial charge in [0.1, 0.15) is 0 Å². The van der Waals surface area contributed by atoms with Gasteiger partial charge in [-0.1, -0.05) is 172 Å². The van der Waals surface area contributed by atoms with E-state index in [1.165, 1.54) is 144 Å². The molecular weight excluding hydrogens is 828 g/mol. The summed E-state index contributed by atoms with van der Waals surface area (Å²) in [5.41, 5.74) is 23.1. The molecule has 0 unspecified atom stereocenters. The van der Waals surface area contributed by atoms with Gasteiger partial charge in [0, 0.05) is 58.9 Å². The molecule has 2 aliphatic carbocycles. The maximum absolute atomic E-state index is 2.79. The van der Waals surface area contributed by atoms with Crippen molar-refractivity contribution in [3.05, 3.63) is 173 Å². The summed E-state index contributed by atoms with van der Waals surface area (Å²) in [4.78, 5) is 2.76. The van der Waals surface area contributed by atoms with Gasteiger partial charge >= 0.3 is 6.85 Å². The Morgan fingerprint density at radius 3 is 2.04 bits per heavy atom. The van der Waals surface area contributed by atoms with Crippen molar-refractivity contribution in [2.75, 3.05) is 4.90 Å². The lowest BCUT2D eigenvalue weighted by Crippen LogP contribution is -2.55. The van der Waals surface area contributed by atoms with Crippen LogP contribution >= 0.6 is 11.3 Å². The number of anilines is 3. The average Bonchev–Trinajstić information content (AvgIpc) is 3.94. The van der Waals surface area contributed by atoms with E-state index < -0.39 is 0 Å². The summed E-state index contributed by atoms with van der Waals surface area (Å²) in [5, 5.41) is 6.67. The first-order valence-electron chi connectivity index (χ1n) is 24.5. The van der Waals surface area contributed by atoms with Crippen LogP contribution in [-0.2, 0) is 21.7 Å². The van der Waals surface area contributed by atoms with Crippen LogP contribution in [0.2, 0.25) is 0 Å². The van der Waals surface area contributed by atoms with Crippen LogP contribution < -0.4 is 15.1 Å². The van der Waals surface area contributed by atoms with Crippen LogP contribution in [0.4, 0.5) is 17.1 Å². The molecule has 0 saturated carbocycles. The lowest BCUT2D eigenvalue weighted by Gasteiger charge is -2.42. The number of hydrogen-bond acceptors (Lipinski definition) is 2. The van der Waals surface area contributed by atoms with Crippen LogP contribution in [-0.4, -0.2) is 11.3 Å². The summed E-state index contributed by atoms with van der Waals surface area (Å²) in [6.45, 7) is 21.8. The molecule has 0 fully saturated rings. The highest BCUT2D eigenvalue weighted by atomic mass is 32.1. The molecule has 326 valence electrons. The molecule has 0 radical (unpaired) electrons. The smallest absolute Gasteiger partial charge is 0.343 e. The summed E-state index contributed by atoms with van der Waals surface area (Å²) < 4.78 is 5.60. The van der Waals surface area contributed by atoms with Crippen molar-refractivity contribution in [1.29, 1.82) is 0 Å². The lowest BCUT2D eigenvalue weighted by atomic mass is 9.47. The number of para-hydroxylation sites is 1. The second-order valence-corrected chi connectivity index (χ2v) is 24.2. The van der Waals surface area contributed by atoms with E-state index >= 15 is 0 Å². The van der Waals surface area contributed by atoms with Gasteiger partial charge in [-0.05, 0) is 132 Å². The van der Waals surface area contributed by atoms with E-state index in [1.807, 2.05) is 0 Å². The summed E-state index contributed by atoms with van der Waals surface area (Å²) in [6.07, 6.45) is 2.37. The van der Waals surface area contributed by atoms with E-state index in [0.29, 0.717) is 0 Å². The second-order valence-electron chi connectivity index (χ2n) is 23.1. The average molecular weight is 883 g/mol. The van der Waals surface area contributed by atoms with E-state index in [4.69, 9.17) is 0 Å². The van der Waals surface area contributed by atoms with Crippen molar-refractivity contribution in [3.8, 4) is 33.4 Å². The number of thiophene rings is 1. The Bertz CT molecular complexity index is 3830. The zero-order chi connectivity index (χ0) is 45.7. The third-order valence-electron chi connectivity index (χ3n) is 17.0. The molecule has 0 atom stereocenters. The molecule has 0 saturated heterocycles. The number of nitrogens with zero attached hydrogens (tertiary/aromatic N) is 2. The van der Waals surface area contributed by atoms with Crippen LogP contribution in [0.25, 0.3) is 76.0 Å². The third-order valence-corrected chi connectivity index (χ3v) is 18.2. The molecule has 14 rings (SSSR count). The lowest BCUT2D eigenvalue weighted by molar-refractivity contribution is 0.332. The minimum Gasteiger partial charge on any atom is -0.375 e. The summed E-state index contributed by atoms with van der Waals surface area (Å²) in [6, 6.07) is 56.8. The van der Waals surface area contributed by atoms with Crippen LogP contribution in [0.5, 0.6) is 0 Å². The van der Waals surface area contributed by atoms with Gasteiger partial charge in [0.25, 0.3) is 0 Å². The highest BCUT2D eigenvalue weighted by Gasteiger charge is 2.50. The molecule has 4 aliphatic rings. The molecule has 10 aromatic rings. The van der Waals surface area contributed by atoms with Crippen LogP contribution in [0.1, 0.15) is 103 Å². The maximum atomic E-state index is 2.79. The van der Waals surface area contributed by atoms with Gasteiger partial charge in [0.2, 0.25) is 0 Å². The van der Waals surface area contributed by atoms with Crippen molar-refractivity contribution in [2.45, 2.75) is 96.8 Å². The number of benzene rings is 8. The van der Waals surface area contributed by atoms with Gasteiger partial charge in [-0.15, -0.1) is 11.3 Å². The molecule has 67 heavy (non-hydrogen) atoms. The Labute approximate surface area is 399 Å². The van der Waals surface area contributed by atoms with E-state index in [1.54, 1.807) is 0 Å². The zero-order valence-corrected chi connectivity index (χ0v) is 41.0. The Morgan fingerprint density at radius 2 is 1.25 bits per heavy atom. The van der Waals surface area contributed by atoms with Crippen molar-refractivity contribution in [3.63, 3.8) is 0 Å². The number of aromatic nitrogens is 1. The first-order chi connectivity index (χ1) is 32.1. The molecule has 0 N–H and O–H groups in total. The van der Waals surface area contributed by atoms with E-state index in [-0.39, 0.29) is 28.5 Å². The van der Waals surface area contributed by atoms with Gasteiger partial charge in [-0.3, -0.25) is 0 Å². The molecule has 0 bridgehead atoms. The van der Waals surface area contributed by atoms with Crippen LogP contribution in [0, 0.1) is 0 Å². The number of hydrogen-bond donors (Lipinski definition) is 0. The molecule has 2 nitrogen and oxygen atoms in total. The minimum absolute atomic E-state index is 0.0238. The first-order valence-corrected chi connectivity index (χ1v) is 25.3. The van der Waals surface area contributed by atoms with Crippen molar-refractivity contribution in [1.82, 2.24) is 4.48 Å². The molecule has 2 aromatic heterocycles. The molecule has 4 heterocycles. The van der Waals surface area contributed by atoms with Crippen LogP contribution in [0.3, 0.4) is 0 Å². The molecule has 0 spiro atoms. The summed E-state index contributed by atoms with van der Waals surface area (Å²) in [7, 11) is 0. The molecule has 4 heteroatoms. The Kier molecular flexibility index (Phi) is 7.71. The third kappa shape index (κ3) is 5.13. The van der Waals surface area contributed by atoms with E-state index in [2.05, 4.69) is 229 Å². The maximum Gasteiger partial charge on any atom is 0.343 e. The molecular formula is C63H55BN2S. The van der Waals surface area contributed by atoms with Crippen molar-refractivity contribution in [2.24, 2.45) is 0 Å². The van der Waals surface area contributed by atoms with Gasteiger partial charge in [-0.25, -0.2) is 0 Å². The van der Waals surface area contributed by atoms with Gasteiger partial charge in [0.05, 0.1) is 11.4 Å². The van der Waals surface area contributed by atoms with Crippen LogP contribution in [0.15, 0.2) is 146 Å². The minimum atomic E-state index is -0.211. The number of rotatable bonds is 2. The SMILES string of the molecule is CC(C)(C)c1ccc(N2c3cc4c(c5c3B(c3sc6cc7c(cc6c32)C(C)(C)CCC7(C)C)n2c3ccc6ccccc6c3c3cccc-5c32)-c2ccccc2C4(C)C)c(-c2ccccc2)c1. The number of fused-ring (bicyclic) bond motifs is 16. The molecule has 2 aliphatic heterocycles. The summed E-state index contributed by atoms with van der Waals surface area (Å²) >= 11 is 2.05. The highest BCUT2D eigenvalue weighted by Crippen LogP contribution is 2.59. The van der Waals surface area contributed by atoms with Gasteiger partial charge in [0.15, 0.2) is 0 Å². The fourth-order valence-corrected chi connectivity index (χ4v) is 14.6. The quantitative estimate of drug-likeness (QED) is 0.157. The predicted octanol–water partition coefficient (Wildman–Crippen LogP) is 16.2. The summed E-state index contributed by atoms with van der Waals surface area (Å²) in [5.74, 6) is 0. The predicted molar refractivity (Wildman–Crippen MR) is 290 cm³/mol. The van der Waals surface area contributed by atoms with Crippen molar-refractivity contribution >= 4 is 88.2 Å². The first kappa shape index (κ1) is 39.8. The Morgan fingerprint density at radius 1 is 0.552 bits per heavy atom. The topological polar surface area (TPSA) is 8.17 Å². The Balaban J connectivity index is 1.21. The molecule has 0 amide bonds. The van der Waals surface area contributed by atoms with Gasteiger partial charge in [-0.2, -0.15) is 0 Å². The second kappa shape index (κ2) is 13.0. The molecule has 8 aromatic carbocycles. The monoisotopic (exact) mass is 882 g/mol. The standard InChI is InChI=1S/C63H55BN2S/c1-60(2,3)38-27-29-49(43(32-38)36-18-11-10-12-19-36)65-51-34-48-54(40-22-15-16-25-45(40)63(48,8)9)55-42-24-17-23-41-53-39-21-14-13-20-37(39)26-28-50(53)66(57(41)42)64(56(51)55)59-58(65)44-33-46-47(35-52(44)67-59)62(6,7)31-30-61(46,4)5/h10-29,32-35H,30-31H2,1-9H3.